The topological polar surface area (TPSA) is 45.7 Å². The lowest BCUT2D eigenvalue weighted by Crippen LogP contribution is -2.31. The number of hydrogen-bond acceptors (Lipinski definition) is 3. The van der Waals surface area contributed by atoms with E-state index in [-0.39, 0.29) is 5.82 Å². The molecule has 0 aliphatic rings. The van der Waals surface area contributed by atoms with Crippen molar-refractivity contribution in [1.82, 2.24) is 10.7 Å². The molecule has 24 heavy (non-hydrogen) atoms. The fraction of sp³-hybridized carbons (Fsp3) is 0.111. The molecule has 0 spiro atoms. The van der Waals surface area contributed by atoms with Crippen LogP contribution in [0.3, 0.4) is 0 Å². The first-order chi connectivity index (χ1) is 11.7. The van der Waals surface area contributed by atoms with Crippen molar-refractivity contribution in [2.24, 2.45) is 5.10 Å². The van der Waals surface area contributed by atoms with Crippen molar-refractivity contribution in [2.75, 3.05) is 6.54 Å². The lowest BCUT2D eigenvalue weighted by atomic mass is 10.2. The van der Waals surface area contributed by atoms with Crippen LogP contribution in [0.2, 0.25) is 0 Å². The van der Waals surface area contributed by atoms with Gasteiger partial charge in [0.25, 0.3) is 0 Å². The average molecular weight is 343 g/mol. The van der Waals surface area contributed by atoms with E-state index in [2.05, 4.69) is 22.4 Å². The Labute approximate surface area is 146 Å². The molecule has 0 unspecified atom stereocenters. The van der Waals surface area contributed by atoms with Gasteiger partial charge in [0.1, 0.15) is 18.2 Å². The monoisotopic (exact) mass is 343 g/mol. The quantitative estimate of drug-likeness (QED) is 0.350. The van der Waals surface area contributed by atoms with Crippen LogP contribution in [0.4, 0.5) is 4.39 Å². The highest BCUT2D eigenvalue weighted by Gasteiger charge is 1.97. The molecule has 6 heteroatoms. The molecule has 0 bridgehead atoms. The fourth-order valence-electron chi connectivity index (χ4n) is 1.77. The van der Waals surface area contributed by atoms with Crippen LogP contribution in [0.1, 0.15) is 11.1 Å². The van der Waals surface area contributed by atoms with Crippen molar-refractivity contribution >= 4 is 23.5 Å². The van der Waals surface area contributed by atoms with Gasteiger partial charge in [-0.15, -0.1) is 6.58 Å². The minimum absolute atomic E-state index is 0.254. The summed E-state index contributed by atoms with van der Waals surface area (Å²) in [7, 11) is 0. The van der Waals surface area contributed by atoms with Crippen molar-refractivity contribution < 1.29 is 9.13 Å². The summed E-state index contributed by atoms with van der Waals surface area (Å²) in [6.45, 7) is 4.56. The summed E-state index contributed by atoms with van der Waals surface area (Å²) in [5.74, 6) is 0.475. The summed E-state index contributed by atoms with van der Waals surface area (Å²) in [5.41, 5.74) is 4.53. The molecule has 124 valence electrons. The molecule has 0 aromatic heterocycles. The second kappa shape index (κ2) is 9.42. The van der Waals surface area contributed by atoms with Crippen molar-refractivity contribution in [3.8, 4) is 5.75 Å². The maximum absolute atomic E-state index is 12.8. The Kier molecular flexibility index (Phi) is 6.91. The average Bonchev–Trinajstić information content (AvgIpc) is 2.60. The number of hydrogen-bond donors (Lipinski definition) is 2. The molecule has 0 saturated carbocycles. The first-order valence-electron chi connectivity index (χ1n) is 7.32. The smallest absolute Gasteiger partial charge is 0.187 e. The minimum atomic E-state index is -0.254. The molecule has 0 aliphatic heterocycles. The molecular weight excluding hydrogens is 325 g/mol. The zero-order valence-corrected chi connectivity index (χ0v) is 13.9. The summed E-state index contributed by atoms with van der Waals surface area (Å²) >= 11 is 5.02. The Balaban J connectivity index is 1.80. The van der Waals surface area contributed by atoms with Crippen molar-refractivity contribution in [2.45, 2.75) is 6.61 Å². The predicted molar refractivity (Wildman–Crippen MR) is 98.7 cm³/mol. The van der Waals surface area contributed by atoms with Crippen LogP contribution >= 0.6 is 12.2 Å². The highest BCUT2D eigenvalue weighted by Crippen LogP contribution is 2.13. The van der Waals surface area contributed by atoms with Crippen LogP contribution in [0.15, 0.2) is 66.3 Å². The van der Waals surface area contributed by atoms with Gasteiger partial charge in [-0.25, -0.2) is 4.39 Å². The van der Waals surface area contributed by atoms with E-state index in [9.17, 15) is 4.39 Å². The summed E-state index contributed by atoms with van der Waals surface area (Å²) in [4.78, 5) is 0. The van der Waals surface area contributed by atoms with E-state index in [0.717, 1.165) is 16.9 Å². The lowest BCUT2D eigenvalue weighted by Gasteiger charge is -2.06. The highest BCUT2D eigenvalue weighted by molar-refractivity contribution is 7.80. The molecule has 0 radical (unpaired) electrons. The van der Waals surface area contributed by atoms with Crippen LogP contribution in [-0.4, -0.2) is 17.9 Å². The Morgan fingerprint density at radius 1 is 1.17 bits per heavy atom. The Morgan fingerprint density at radius 2 is 1.88 bits per heavy atom. The molecule has 0 fully saturated rings. The second-order valence-electron chi connectivity index (χ2n) is 4.85. The third-order valence-corrected chi connectivity index (χ3v) is 3.22. The van der Waals surface area contributed by atoms with Crippen LogP contribution in [0.25, 0.3) is 0 Å². The van der Waals surface area contributed by atoms with Gasteiger partial charge >= 0.3 is 0 Å². The van der Waals surface area contributed by atoms with E-state index in [0.29, 0.717) is 18.3 Å². The van der Waals surface area contributed by atoms with Crippen LogP contribution in [0, 0.1) is 5.82 Å². The number of hydrazone groups is 1. The molecule has 0 atom stereocenters. The maximum Gasteiger partial charge on any atom is 0.187 e. The number of halogens is 1. The largest absolute Gasteiger partial charge is 0.489 e. The van der Waals surface area contributed by atoms with Crippen molar-refractivity contribution in [1.29, 1.82) is 0 Å². The first-order valence-corrected chi connectivity index (χ1v) is 7.73. The second-order valence-corrected chi connectivity index (χ2v) is 5.26. The molecule has 0 saturated heterocycles. The lowest BCUT2D eigenvalue weighted by molar-refractivity contribution is 0.306. The Morgan fingerprint density at radius 3 is 2.54 bits per heavy atom. The molecule has 4 nitrogen and oxygen atoms in total. The normalized spacial score (nSPS) is 10.4. The van der Waals surface area contributed by atoms with Gasteiger partial charge in [-0.3, -0.25) is 5.43 Å². The van der Waals surface area contributed by atoms with Gasteiger partial charge in [0, 0.05) is 6.54 Å². The highest BCUT2D eigenvalue weighted by atomic mass is 32.1. The summed E-state index contributed by atoms with van der Waals surface area (Å²) in [6, 6.07) is 13.7. The predicted octanol–water partition coefficient (Wildman–Crippen LogP) is 3.39. The number of nitrogens with zero attached hydrogens (tertiary/aromatic N) is 1. The molecule has 2 rings (SSSR count). The van der Waals surface area contributed by atoms with Gasteiger partial charge < -0.3 is 10.1 Å². The summed E-state index contributed by atoms with van der Waals surface area (Å²) in [6.07, 6.45) is 3.37. The number of thiocarbonyl (C=S) groups is 1. The molecule has 0 aliphatic carbocycles. The van der Waals surface area contributed by atoms with E-state index < -0.39 is 0 Å². The third-order valence-electron chi connectivity index (χ3n) is 2.99. The van der Waals surface area contributed by atoms with Crippen molar-refractivity contribution in [3.63, 3.8) is 0 Å². The SMILES string of the molecule is C=CCNC(=S)N/N=C/c1ccc(OCc2ccc(F)cc2)cc1. The molecule has 0 heterocycles. The fourth-order valence-corrected chi connectivity index (χ4v) is 1.90. The number of nitrogens with one attached hydrogen (secondary N) is 2. The van der Waals surface area contributed by atoms with E-state index in [4.69, 9.17) is 17.0 Å². The molecule has 2 N–H and O–H groups in total. The number of rotatable bonds is 7. The maximum atomic E-state index is 12.8. The standard InChI is InChI=1S/C18H18FN3OS/c1-2-11-20-18(24)22-21-12-14-5-9-17(10-6-14)23-13-15-3-7-16(19)8-4-15/h2-10,12H,1,11,13H2,(H2,20,22,24)/b21-12+. The molecular formula is C18H18FN3OS. The van der Waals surface area contributed by atoms with Gasteiger partial charge in [-0.05, 0) is 59.7 Å². The van der Waals surface area contributed by atoms with E-state index in [1.54, 1.807) is 24.4 Å². The van der Waals surface area contributed by atoms with Crippen LogP contribution < -0.4 is 15.5 Å². The summed E-state index contributed by atoms with van der Waals surface area (Å²) < 4.78 is 18.5. The Hall–Kier alpha value is -2.73. The van der Waals surface area contributed by atoms with E-state index >= 15 is 0 Å². The minimum Gasteiger partial charge on any atom is -0.489 e. The van der Waals surface area contributed by atoms with Crippen LogP contribution in [-0.2, 0) is 6.61 Å². The Bertz CT molecular complexity index is 699. The zero-order valence-electron chi connectivity index (χ0n) is 13.0. The van der Waals surface area contributed by atoms with Gasteiger partial charge in [-0.2, -0.15) is 5.10 Å². The number of benzene rings is 2. The van der Waals surface area contributed by atoms with Crippen molar-refractivity contribution in [3.05, 3.63) is 78.1 Å². The first kappa shape index (κ1) is 17.6. The molecule has 0 amide bonds. The van der Waals surface area contributed by atoms with Gasteiger partial charge in [-0.1, -0.05) is 18.2 Å². The molecule has 2 aromatic rings. The zero-order chi connectivity index (χ0) is 17.2. The van der Waals surface area contributed by atoms with Crippen LogP contribution in [0.5, 0.6) is 5.75 Å². The van der Waals surface area contributed by atoms with Gasteiger partial charge in [0.2, 0.25) is 0 Å². The van der Waals surface area contributed by atoms with Gasteiger partial charge in [0.15, 0.2) is 5.11 Å². The van der Waals surface area contributed by atoms with E-state index in [1.165, 1.54) is 12.1 Å². The van der Waals surface area contributed by atoms with E-state index in [1.807, 2.05) is 24.3 Å². The summed E-state index contributed by atoms with van der Waals surface area (Å²) in [5, 5.41) is 7.38. The number of ether oxygens (including phenoxy) is 1. The van der Waals surface area contributed by atoms with Gasteiger partial charge in [0.05, 0.1) is 6.21 Å². The third kappa shape index (κ3) is 6.18. The molecule has 2 aromatic carbocycles.